The predicted octanol–water partition coefficient (Wildman–Crippen LogP) is 8.11. The number of rotatable bonds is 4. The summed E-state index contributed by atoms with van der Waals surface area (Å²) in [5.74, 6) is -2.22. The van der Waals surface area contributed by atoms with E-state index in [0.29, 0.717) is 37.3 Å². The van der Waals surface area contributed by atoms with E-state index in [-0.39, 0.29) is 28.0 Å². The topological polar surface area (TPSA) is 84.6 Å². The van der Waals surface area contributed by atoms with Crippen LogP contribution in [0.15, 0.2) is 18.2 Å². The Kier molecular flexibility index (Phi) is 7.27. The second-order valence-corrected chi connectivity index (χ2v) is 20.0. The van der Waals surface area contributed by atoms with E-state index in [9.17, 15) is 23.5 Å². The van der Waals surface area contributed by atoms with E-state index in [0.717, 1.165) is 54.6 Å². The van der Waals surface area contributed by atoms with E-state index in [1.165, 1.54) is 6.07 Å². The van der Waals surface area contributed by atoms with E-state index in [1.54, 1.807) is 6.07 Å². The minimum Gasteiger partial charge on any atom is -0.410 e. The van der Waals surface area contributed by atoms with Crippen molar-refractivity contribution in [3.05, 3.63) is 63.0 Å². The van der Waals surface area contributed by atoms with Gasteiger partial charge in [0.1, 0.15) is 5.60 Å². The molecule has 6 nitrogen and oxygen atoms in total. The fourth-order valence-electron chi connectivity index (χ4n) is 7.23. The van der Waals surface area contributed by atoms with Gasteiger partial charge in [0, 0.05) is 54.0 Å². The second-order valence-electron chi connectivity index (χ2n) is 15.2. The van der Waals surface area contributed by atoms with E-state index in [2.05, 4.69) is 33.9 Å². The number of hydrogen-bond donors (Lipinski definition) is 1. The zero-order valence-corrected chi connectivity index (χ0v) is 27.7. The summed E-state index contributed by atoms with van der Waals surface area (Å²) in [6.45, 7) is 16.0. The monoisotopic (exact) mass is 628 g/mol. The number of aromatic nitrogens is 1. The molecule has 6 rings (SSSR count). The molecule has 1 aromatic carbocycles. The summed E-state index contributed by atoms with van der Waals surface area (Å²) >= 11 is 0. The number of ether oxygens (including phenoxy) is 2. The molecule has 1 saturated heterocycles. The number of nitriles is 1. The number of fused-ring (bicyclic) bond motifs is 4. The molecule has 1 saturated carbocycles. The number of alkyl halides is 3. The lowest BCUT2D eigenvalue weighted by atomic mass is 9.72. The van der Waals surface area contributed by atoms with Gasteiger partial charge in [-0.15, -0.1) is 0 Å². The summed E-state index contributed by atoms with van der Waals surface area (Å²) in [5, 5.41) is 22.4. The maximum absolute atomic E-state index is 13.8. The van der Waals surface area contributed by atoms with E-state index < -0.39 is 37.0 Å². The first kappa shape index (κ1) is 31.7. The Bertz CT molecular complexity index is 1530. The third kappa shape index (κ3) is 4.94. The number of nitrogens with zero attached hydrogens (tertiary/aromatic N) is 2. The molecule has 10 heteroatoms. The molecule has 4 aliphatic rings. The smallest absolute Gasteiger partial charge is 0.410 e. The molecule has 3 heterocycles. The molecule has 2 aliphatic carbocycles. The summed E-state index contributed by atoms with van der Waals surface area (Å²) in [7, 11) is -2.26. The lowest BCUT2D eigenvalue weighted by molar-refractivity contribution is -0.251. The highest BCUT2D eigenvalue weighted by Crippen LogP contribution is 2.64. The summed E-state index contributed by atoms with van der Waals surface area (Å²) < 4.78 is 61.2. The molecule has 2 aliphatic heterocycles. The van der Waals surface area contributed by atoms with E-state index in [1.807, 2.05) is 13.8 Å². The fraction of sp³-hybridized carbons (Fsp3) is 0.647. The van der Waals surface area contributed by atoms with Crippen LogP contribution < -0.4 is 0 Å². The SMILES string of the molecule is CC(C)c1nc2c(c3c1C(O)(c1ccc(C(F)(F)F)c(C#N)c1)OC31CCOCC1)[C@@H](O[Si](C)(C)C(C)(C)C)CC1(CC1)C2. The molecule has 2 aromatic rings. The Morgan fingerprint density at radius 2 is 1.75 bits per heavy atom. The first-order valence-electron chi connectivity index (χ1n) is 15.7. The van der Waals surface area contributed by atoms with Gasteiger partial charge in [-0.25, -0.2) is 0 Å². The maximum Gasteiger partial charge on any atom is 0.417 e. The van der Waals surface area contributed by atoms with Crippen LogP contribution in [-0.2, 0) is 37.9 Å². The van der Waals surface area contributed by atoms with Crippen molar-refractivity contribution in [1.82, 2.24) is 4.98 Å². The maximum atomic E-state index is 13.8. The van der Waals surface area contributed by atoms with Crippen molar-refractivity contribution >= 4 is 8.32 Å². The highest BCUT2D eigenvalue weighted by atomic mass is 28.4. The van der Waals surface area contributed by atoms with Crippen molar-refractivity contribution in [1.29, 1.82) is 5.26 Å². The molecule has 0 bridgehead atoms. The molecule has 2 spiro atoms. The Hall–Kier alpha value is -2.29. The van der Waals surface area contributed by atoms with Gasteiger partial charge >= 0.3 is 6.18 Å². The average molecular weight is 629 g/mol. The summed E-state index contributed by atoms with van der Waals surface area (Å²) in [4.78, 5) is 5.28. The van der Waals surface area contributed by atoms with Gasteiger partial charge in [0.15, 0.2) is 8.32 Å². The van der Waals surface area contributed by atoms with E-state index >= 15 is 0 Å². The number of pyridine rings is 1. The van der Waals surface area contributed by atoms with Crippen molar-refractivity contribution < 1.29 is 32.2 Å². The van der Waals surface area contributed by atoms with Crippen molar-refractivity contribution in [2.45, 2.75) is 121 Å². The largest absolute Gasteiger partial charge is 0.417 e. The first-order valence-corrected chi connectivity index (χ1v) is 18.6. The number of benzene rings is 1. The Labute approximate surface area is 259 Å². The lowest BCUT2D eigenvalue weighted by Crippen LogP contribution is -2.44. The first-order chi connectivity index (χ1) is 20.4. The Balaban J connectivity index is 1.64. The van der Waals surface area contributed by atoms with Crippen molar-refractivity contribution in [3.8, 4) is 6.07 Å². The zero-order chi connectivity index (χ0) is 32.1. The highest BCUT2D eigenvalue weighted by Gasteiger charge is 2.61. The molecule has 1 aromatic heterocycles. The van der Waals surface area contributed by atoms with Gasteiger partial charge in [-0.1, -0.05) is 40.7 Å². The molecule has 0 amide bonds. The third-order valence-electron chi connectivity index (χ3n) is 10.8. The number of hydrogen-bond acceptors (Lipinski definition) is 6. The molecule has 2 atom stereocenters. The van der Waals surface area contributed by atoms with Gasteiger partial charge in [-0.3, -0.25) is 4.98 Å². The standard InChI is InChI=1S/C34H43F3N2O4Si/c1-20(2)29-28-27(26-24(39-29)17-31(10-11-31)18-25(26)42-44(6,7)30(3,4)5)32(12-14-41-15-13-32)43-33(28,40)22-8-9-23(34(35,36)37)21(16-22)19-38/h8-9,16,20,25,40H,10-15,17-18H2,1-7H3/t25-,33?/m0/s1. The Morgan fingerprint density at radius 1 is 1.09 bits per heavy atom. The molecule has 1 N–H and O–H groups in total. The van der Waals surface area contributed by atoms with Gasteiger partial charge in [0.25, 0.3) is 0 Å². The van der Waals surface area contributed by atoms with Crippen LogP contribution in [0.4, 0.5) is 13.2 Å². The van der Waals surface area contributed by atoms with Crippen LogP contribution in [0.25, 0.3) is 0 Å². The van der Waals surface area contributed by atoms with Crippen molar-refractivity contribution in [3.63, 3.8) is 0 Å². The molecule has 2 fully saturated rings. The van der Waals surface area contributed by atoms with Gasteiger partial charge in [-0.2, -0.15) is 18.4 Å². The second kappa shape index (κ2) is 10.1. The molecule has 44 heavy (non-hydrogen) atoms. The van der Waals surface area contributed by atoms with Crippen molar-refractivity contribution in [2.24, 2.45) is 5.41 Å². The van der Waals surface area contributed by atoms with Crippen LogP contribution in [0.2, 0.25) is 18.1 Å². The van der Waals surface area contributed by atoms with E-state index in [4.69, 9.17) is 18.9 Å². The summed E-state index contributed by atoms with van der Waals surface area (Å²) in [6.07, 6.45) is -0.0534. The molecular formula is C34H43F3N2O4Si. The lowest BCUT2D eigenvalue weighted by Gasteiger charge is -2.44. The van der Waals surface area contributed by atoms with Crippen LogP contribution in [0.1, 0.15) is 124 Å². The molecule has 1 unspecified atom stereocenters. The summed E-state index contributed by atoms with van der Waals surface area (Å²) in [6, 6.07) is 4.91. The van der Waals surface area contributed by atoms with Crippen LogP contribution >= 0.6 is 0 Å². The van der Waals surface area contributed by atoms with Crippen LogP contribution in [0, 0.1) is 16.7 Å². The van der Waals surface area contributed by atoms with Gasteiger partial charge in [0.2, 0.25) is 5.79 Å². The molecular weight excluding hydrogens is 585 g/mol. The van der Waals surface area contributed by atoms with Crippen molar-refractivity contribution in [2.75, 3.05) is 13.2 Å². The van der Waals surface area contributed by atoms with Crippen LogP contribution in [0.3, 0.4) is 0 Å². The fourth-order valence-corrected chi connectivity index (χ4v) is 8.50. The highest BCUT2D eigenvalue weighted by molar-refractivity contribution is 6.74. The minimum absolute atomic E-state index is 0.0304. The Morgan fingerprint density at radius 3 is 2.30 bits per heavy atom. The zero-order valence-electron chi connectivity index (χ0n) is 26.7. The third-order valence-corrected chi connectivity index (χ3v) is 15.3. The quantitative estimate of drug-likeness (QED) is 0.345. The number of halogens is 3. The number of aliphatic hydroxyl groups is 1. The van der Waals surface area contributed by atoms with Crippen LogP contribution in [-0.4, -0.2) is 31.6 Å². The minimum atomic E-state index is -4.71. The average Bonchev–Trinajstić information content (AvgIpc) is 3.62. The van der Waals surface area contributed by atoms with Gasteiger partial charge in [-0.05, 0) is 67.3 Å². The van der Waals surface area contributed by atoms with Gasteiger partial charge < -0.3 is 19.0 Å². The summed E-state index contributed by atoms with van der Waals surface area (Å²) in [5.41, 5.74) is 1.70. The van der Waals surface area contributed by atoms with Crippen LogP contribution in [0.5, 0.6) is 0 Å². The predicted molar refractivity (Wildman–Crippen MR) is 161 cm³/mol. The normalized spacial score (nSPS) is 25.7. The van der Waals surface area contributed by atoms with Gasteiger partial charge in [0.05, 0.1) is 29.0 Å². The molecule has 0 radical (unpaired) electrons. The molecule has 238 valence electrons.